The number of hydrogen-bond donors (Lipinski definition) is 1. The van der Waals surface area contributed by atoms with Gasteiger partial charge >= 0.3 is 0 Å². The molecule has 2 saturated heterocycles. The monoisotopic (exact) mass is 452 g/mol. The number of likely N-dealkylation sites (tertiary alicyclic amines) is 1. The largest absolute Gasteiger partial charge is 0.353 e. The van der Waals surface area contributed by atoms with Gasteiger partial charge in [-0.2, -0.15) is 0 Å². The van der Waals surface area contributed by atoms with E-state index in [2.05, 4.69) is 19.2 Å². The standard InChI is InChI=1S/C26H33FN4O2/c1-3-22(31-10-4-5-24(31)32)16-21(27)17-25(33)29-11-13-30(14-12-29)26(28)23(20-8-9-20)15-18(2)19-6-7-19/h3,15-17,19-20,28H,1-2,4-14H2/b21-17-,22-16+,23-15-,28-26?. The maximum absolute atomic E-state index is 14.5. The smallest absolute Gasteiger partial charge is 0.249 e. The van der Waals surface area contributed by atoms with E-state index >= 15 is 0 Å². The highest BCUT2D eigenvalue weighted by Gasteiger charge is 2.33. The lowest BCUT2D eigenvalue weighted by Gasteiger charge is -2.36. The zero-order valence-corrected chi connectivity index (χ0v) is 19.2. The Kier molecular flexibility index (Phi) is 6.96. The van der Waals surface area contributed by atoms with E-state index in [0.29, 0.717) is 62.5 Å². The molecule has 4 rings (SSSR count). The van der Waals surface area contributed by atoms with Crippen LogP contribution in [-0.4, -0.2) is 65.1 Å². The maximum atomic E-state index is 14.5. The van der Waals surface area contributed by atoms with Crippen molar-refractivity contribution >= 4 is 17.6 Å². The Bertz CT molecular complexity index is 947. The number of piperazine rings is 1. The predicted molar refractivity (Wildman–Crippen MR) is 127 cm³/mol. The van der Waals surface area contributed by atoms with Gasteiger partial charge in [0.2, 0.25) is 11.8 Å². The molecule has 4 fully saturated rings. The Balaban J connectivity index is 1.34. The van der Waals surface area contributed by atoms with Gasteiger partial charge in [0.05, 0.1) is 0 Å². The van der Waals surface area contributed by atoms with E-state index in [4.69, 9.17) is 5.41 Å². The number of nitrogens with one attached hydrogen (secondary N) is 1. The van der Waals surface area contributed by atoms with Gasteiger partial charge in [0, 0.05) is 50.9 Å². The summed E-state index contributed by atoms with van der Waals surface area (Å²) in [5, 5.41) is 8.74. The van der Waals surface area contributed by atoms with Gasteiger partial charge in [0.15, 0.2) is 0 Å². The molecule has 0 aromatic heterocycles. The molecule has 0 spiro atoms. The van der Waals surface area contributed by atoms with Crippen LogP contribution in [0.3, 0.4) is 0 Å². The van der Waals surface area contributed by atoms with Crippen LogP contribution < -0.4 is 0 Å². The van der Waals surface area contributed by atoms with Crippen molar-refractivity contribution in [2.24, 2.45) is 11.8 Å². The Morgan fingerprint density at radius 1 is 0.970 bits per heavy atom. The second-order valence-electron chi connectivity index (χ2n) is 9.34. The van der Waals surface area contributed by atoms with Crippen molar-refractivity contribution in [2.45, 2.75) is 38.5 Å². The molecule has 0 radical (unpaired) electrons. The van der Waals surface area contributed by atoms with Gasteiger partial charge < -0.3 is 14.7 Å². The molecule has 2 saturated carbocycles. The zero-order valence-electron chi connectivity index (χ0n) is 19.2. The van der Waals surface area contributed by atoms with E-state index in [-0.39, 0.29) is 5.91 Å². The van der Waals surface area contributed by atoms with E-state index < -0.39 is 11.7 Å². The number of nitrogens with zero attached hydrogens (tertiary/aromatic N) is 3. The van der Waals surface area contributed by atoms with Crippen molar-refractivity contribution in [3.8, 4) is 0 Å². The van der Waals surface area contributed by atoms with Crippen LogP contribution in [0.4, 0.5) is 4.39 Å². The second-order valence-corrected chi connectivity index (χ2v) is 9.34. The summed E-state index contributed by atoms with van der Waals surface area (Å²) in [6, 6.07) is 0. The van der Waals surface area contributed by atoms with Gasteiger partial charge in [-0.25, -0.2) is 4.39 Å². The molecular weight excluding hydrogens is 419 g/mol. The number of allylic oxidation sites excluding steroid dienone is 5. The Hall–Kier alpha value is -2.96. The zero-order chi connectivity index (χ0) is 23.5. The first-order valence-corrected chi connectivity index (χ1v) is 11.9. The van der Waals surface area contributed by atoms with Crippen LogP contribution in [-0.2, 0) is 9.59 Å². The average molecular weight is 453 g/mol. The minimum Gasteiger partial charge on any atom is -0.353 e. The quantitative estimate of drug-likeness (QED) is 0.262. The number of amides is 2. The normalized spacial score (nSPS) is 22.6. The third-order valence-electron chi connectivity index (χ3n) is 6.78. The number of carbonyl (C=O) groups is 2. The second kappa shape index (κ2) is 9.89. The van der Waals surface area contributed by atoms with E-state index in [9.17, 15) is 14.0 Å². The van der Waals surface area contributed by atoms with Gasteiger partial charge in [0.1, 0.15) is 11.7 Å². The lowest BCUT2D eigenvalue weighted by atomic mass is 10.0. The topological polar surface area (TPSA) is 67.7 Å². The number of carbonyl (C=O) groups excluding carboxylic acids is 2. The molecule has 4 aliphatic rings. The summed E-state index contributed by atoms with van der Waals surface area (Å²) >= 11 is 0. The third kappa shape index (κ3) is 5.70. The molecule has 2 aliphatic carbocycles. The molecule has 2 amide bonds. The fourth-order valence-electron chi connectivity index (χ4n) is 4.44. The third-order valence-corrected chi connectivity index (χ3v) is 6.78. The van der Waals surface area contributed by atoms with E-state index in [1.54, 1.807) is 4.90 Å². The molecule has 0 aromatic rings. The minimum absolute atomic E-state index is 0.0563. The van der Waals surface area contributed by atoms with Crippen molar-refractivity contribution in [2.75, 3.05) is 32.7 Å². The number of hydrogen-bond acceptors (Lipinski definition) is 3. The van der Waals surface area contributed by atoms with Crippen molar-refractivity contribution < 1.29 is 14.0 Å². The average Bonchev–Trinajstić information content (AvgIpc) is 3.73. The summed E-state index contributed by atoms with van der Waals surface area (Å²) in [4.78, 5) is 29.6. The number of amidine groups is 1. The van der Waals surface area contributed by atoms with E-state index in [1.807, 2.05) is 4.90 Å². The Labute approximate surface area is 195 Å². The summed E-state index contributed by atoms with van der Waals surface area (Å²) in [5.41, 5.74) is 2.60. The molecule has 2 aliphatic heterocycles. The first-order valence-electron chi connectivity index (χ1n) is 11.9. The first-order chi connectivity index (χ1) is 15.9. The van der Waals surface area contributed by atoms with Crippen molar-refractivity contribution in [3.05, 3.63) is 60.1 Å². The highest BCUT2D eigenvalue weighted by atomic mass is 19.1. The van der Waals surface area contributed by atoms with Gasteiger partial charge in [-0.05, 0) is 61.7 Å². The van der Waals surface area contributed by atoms with Gasteiger partial charge in [-0.3, -0.25) is 15.0 Å². The maximum Gasteiger partial charge on any atom is 0.249 e. The fourth-order valence-corrected chi connectivity index (χ4v) is 4.44. The highest BCUT2D eigenvalue weighted by Crippen LogP contribution is 2.41. The van der Waals surface area contributed by atoms with Crippen LogP contribution >= 0.6 is 0 Å². The molecule has 7 heteroatoms. The Morgan fingerprint density at radius 2 is 1.61 bits per heavy atom. The van der Waals surface area contributed by atoms with Crippen LogP contribution in [0.25, 0.3) is 0 Å². The Morgan fingerprint density at radius 3 is 2.15 bits per heavy atom. The molecule has 2 heterocycles. The van der Waals surface area contributed by atoms with Crippen molar-refractivity contribution in [3.63, 3.8) is 0 Å². The van der Waals surface area contributed by atoms with Crippen LogP contribution in [0.2, 0.25) is 0 Å². The van der Waals surface area contributed by atoms with E-state index in [0.717, 1.165) is 36.5 Å². The van der Waals surface area contributed by atoms with Crippen molar-refractivity contribution in [1.82, 2.24) is 14.7 Å². The number of halogens is 1. The van der Waals surface area contributed by atoms with Crippen LogP contribution in [0.15, 0.2) is 60.1 Å². The summed E-state index contributed by atoms with van der Waals surface area (Å²) in [6.45, 7) is 10.4. The summed E-state index contributed by atoms with van der Waals surface area (Å²) < 4.78 is 14.5. The van der Waals surface area contributed by atoms with Gasteiger partial charge in [0.25, 0.3) is 0 Å². The molecule has 176 valence electrons. The summed E-state index contributed by atoms with van der Waals surface area (Å²) in [6.07, 6.45) is 11.6. The summed E-state index contributed by atoms with van der Waals surface area (Å²) in [5.74, 6) is 0.439. The molecule has 33 heavy (non-hydrogen) atoms. The molecule has 0 atom stereocenters. The number of rotatable bonds is 8. The van der Waals surface area contributed by atoms with Gasteiger partial charge in [-0.1, -0.05) is 24.8 Å². The SMILES string of the molecule is C=C/C(=C\C(F)=C\C(=O)N1CCN(C(=N)/C(=C\C(=C)C2CC2)C2CC2)CC1)N1CCCC1=O. The van der Waals surface area contributed by atoms with Crippen LogP contribution in [0, 0.1) is 17.2 Å². The van der Waals surface area contributed by atoms with Crippen LogP contribution in [0.5, 0.6) is 0 Å². The van der Waals surface area contributed by atoms with E-state index in [1.165, 1.54) is 29.9 Å². The molecule has 1 N–H and O–H groups in total. The minimum atomic E-state index is -0.692. The predicted octanol–water partition coefficient (Wildman–Crippen LogP) is 3.96. The molecule has 6 nitrogen and oxygen atoms in total. The molecular formula is C26H33FN4O2. The van der Waals surface area contributed by atoms with Crippen molar-refractivity contribution in [1.29, 1.82) is 5.41 Å². The molecule has 0 aromatic carbocycles. The highest BCUT2D eigenvalue weighted by molar-refractivity contribution is 5.97. The van der Waals surface area contributed by atoms with Gasteiger partial charge in [-0.15, -0.1) is 0 Å². The molecule has 0 unspecified atom stereocenters. The lowest BCUT2D eigenvalue weighted by Crippen LogP contribution is -2.50. The lowest BCUT2D eigenvalue weighted by molar-refractivity contribution is -0.127. The first kappa shape index (κ1) is 23.2. The summed E-state index contributed by atoms with van der Waals surface area (Å²) in [7, 11) is 0. The van der Waals surface area contributed by atoms with Crippen LogP contribution in [0.1, 0.15) is 38.5 Å². The molecule has 0 bridgehead atoms. The fraction of sp³-hybridized carbons (Fsp3) is 0.500.